The normalized spacial score (nSPS) is 10.9. The van der Waals surface area contributed by atoms with E-state index in [1.54, 1.807) is 0 Å². The Labute approximate surface area is 57.8 Å². The van der Waals surface area contributed by atoms with E-state index < -0.39 is 5.97 Å². The van der Waals surface area contributed by atoms with Gasteiger partial charge in [-0.15, -0.1) is 0 Å². The van der Waals surface area contributed by atoms with Crippen LogP contribution < -0.4 is 5.73 Å². The number of nitrogens with two attached hydrogens (primary N) is 1. The van der Waals surface area contributed by atoms with Crippen LogP contribution in [0.25, 0.3) is 0 Å². The molecule has 0 heterocycles. The van der Waals surface area contributed by atoms with Gasteiger partial charge in [-0.2, -0.15) is 0 Å². The molecule has 0 saturated heterocycles. The van der Waals surface area contributed by atoms with E-state index >= 15 is 0 Å². The second-order valence-electron chi connectivity index (χ2n) is 1.44. The van der Waals surface area contributed by atoms with Crippen molar-refractivity contribution in [3.63, 3.8) is 0 Å². The summed E-state index contributed by atoms with van der Waals surface area (Å²) in [4.78, 5) is 17.6. The lowest BCUT2D eigenvalue weighted by Gasteiger charge is -2.11. The van der Waals surface area contributed by atoms with E-state index in [-0.39, 0.29) is 11.2 Å². The highest BCUT2D eigenvalue weighted by atomic mass is 16.9. The van der Waals surface area contributed by atoms with Gasteiger partial charge in [0.05, 0.1) is 0 Å². The molecule has 0 fully saturated rings. The molecule has 0 aliphatic carbocycles. The van der Waals surface area contributed by atoms with Gasteiger partial charge in [0.1, 0.15) is 0 Å². The van der Waals surface area contributed by atoms with E-state index in [0.717, 1.165) is 6.92 Å². The summed E-state index contributed by atoms with van der Waals surface area (Å²) in [6, 6.07) is 0. The number of nitrogens with zero attached hydrogens (tertiary/aromatic N) is 2. The minimum atomic E-state index is -0.672. The summed E-state index contributed by atoms with van der Waals surface area (Å²) in [5, 5.41) is 8.72. The minimum absolute atomic E-state index is 0.0995. The number of hydroxylamine groups is 2. The lowest BCUT2D eigenvalue weighted by atomic mass is 10.8. The number of rotatable bonds is 0. The molecular weight excluding hydrogens is 138 g/mol. The van der Waals surface area contributed by atoms with E-state index in [1.807, 2.05) is 0 Å². The fraction of sp³-hybridized carbons (Fsp3) is 0.500. The molecule has 0 aromatic carbocycles. The Morgan fingerprint density at radius 1 is 1.80 bits per heavy atom. The first-order valence-corrected chi connectivity index (χ1v) is 2.47. The average Bonchev–Trinajstić information content (AvgIpc) is 1.85. The lowest BCUT2D eigenvalue weighted by molar-refractivity contribution is -0.266. The molecule has 0 aliphatic rings. The summed E-state index contributed by atoms with van der Waals surface area (Å²) in [7, 11) is 1.35. The predicted octanol–water partition coefficient (Wildman–Crippen LogP) is -0.900. The zero-order valence-corrected chi connectivity index (χ0v) is 5.74. The van der Waals surface area contributed by atoms with Crippen molar-refractivity contribution >= 4 is 11.9 Å². The lowest BCUT2D eigenvalue weighted by Crippen LogP contribution is -2.35. The molecule has 0 saturated carbocycles. The van der Waals surface area contributed by atoms with Crippen molar-refractivity contribution < 1.29 is 14.8 Å². The van der Waals surface area contributed by atoms with E-state index in [0.29, 0.717) is 0 Å². The van der Waals surface area contributed by atoms with Gasteiger partial charge in [-0.1, -0.05) is 0 Å². The molecule has 0 bridgehead atoms. The average molecular weight is 147 g/mol. The maximum atomic E-state index is 10.1. The van der Waals surface area contributed by atoms with Crippen molar-refractivity contribution in [1.82, 2.24) is 5.23 Å². The van der Waals surface area contributed by atoms with Crippen molar-refractivity contribution in [3.8, 4) is 0 Å². The predicted molar refractivity (Wildman–Crippen MR) is 32.9 cm³/mol. The summed E-state index contributed by atoms with van der Waals surface area (Å²) in [6.45, 7) is 1.13. The van der Waals surface area contributed by atoms with E-state index in [4.69, 9.17) is 10.9 Å². The second-order valence-corrected chi connectivity index (χ2v) is 1.44. The Morgan fingerprint density at radius 2 is 2.30 bits per heavy atom. The van der Waals surface area contributed by atoms with Crippen LogP contribution >= 0.6 is 0 Å². The van der Waals surface area contributed by atoms with E-state index in [9.17, 15) is 4.79 Å². The van der Waals surface area contributed by atoms with Crippen molar-refractivity contribution in [2.24, 2.45) is 10.7 Å². The van der Waals surface area contributed by atoms with Crippen LogP contribution in [0.15, 0.2) is 4.99 Å². The molecule has 0 aliphatic heterocycles. The molecule has 0 radical (unpaired) electrons. The Hall–Kier alpha value is -1.30. The van der Waals surface area contributed by atoms with Crippen LogP contribution in [-0.4, -0.2) is 29.4 Å². The molecule has 6 nitrogen and oxygen atoms in total. The highest BCUT2D eigenvalue weighted by molar-refractivity contribution is 5.77. The first kappa shape index (κ1) is 8.70. The molecule has 0 amide bonds. The van der Waals surface area contributed by atoms with Gasteiger partial charge in [-0.25, -0.2) is 4.79 Å². The molecule has 10 heavy (non-hydrogen) atoms. The SMILES string of the molecule is CN=C(N)N(O)OC(C)=O. The van der Waals surface area contributed by atoms with Crippen LogP contribution in [0.1, 0.15) is 6.92 Å². The fourth-order valence-electron chi connectivity index (χ4n) is 0.254. The summed E-state index contributed by atoms with van der Waals surface area (Å²) >= 11 is 0. The standard InChI is InChI=1S/C4H9N3O3/c1-3(8)10-7(9)4(5)6-2/h9H,1-2H3,(H2,5,6). The largest absolute Gasteiger partial charge is 0.365 e. The van der Waals surface area contributed by atoms with Gasteiger partial charge in [-0.05, 0) is 5.23 Å². The van der Waals surface area contributed by atoms with Crippen molar-refractivity contribution in [2.75, 3.05) is 7.05 Å². The monoisotopic (exact) mass is 147 g/mol. The molecule has 0 unspecified atom stereocenters. The molecule has 0 aromatic heterocycles. The van der Waals surface area contributed by atoms with E-state index in [2.05, 4.69) is 9.83 Å². The third-order valence-corrected chi connectivity index (χ3v) is 0.640. The maximum absolute atomic E-state index is 10.1. The van der Waals surface area contributed by atoms with Crippen LogP contribution in [0, 0.1) is 0 Å². The molecule has 0 atom stereocenters. The smallest absolute Gasteiger partial charge is 0.332 e. The highest BCUT2D eigenvalue weighted by Crippen LogP contribution is 1.83. The molecule has 0 aromatic rings. The third-order valence-electron chi connectivity index (χ3n) is 0.640. The van der Waals surface area contributed by atoms with Gasteiger partial charge < -0.3 is 10.6 Å². The van der Waals surface area contributed by atoms with Crippen LogP contribution in [0.3, 0.4) is 0 Å². The number of hydrogen-bond acceptors (Lipinski definition) is 4. The van der Waals surface area contributed by atoms with Gasteiger partial charge in [0.15, 0.2) is 0 Å². The Morgan fingerprint density at radius 3 is 2.60 bits per heavy atom. The molecule has 3 N–H and O–H groups in total. The Kier molecular flexibility index (Phi) is 3.20. The fourth-order valence-corrected chi connectivity index (χ4v) is 0.254. The Balaban J connectivity index is 3.85. The zero-order chi connectivity index (χ0) is 8.15. The second kappa shape index (κ2) is 3.67. The van der Waals surface area contributed by atoms with Crippen molar-refractivity contribution in [3.05, 3.63) is 0 Å². The maximum Gasteiger partial charge on any atom is 0.332 e. The number of guanidine groups is 1. The molecule has 6 heteroatoms. The van der Waals surface area contributed by atoms with Gasteiger partial charge in [0, 0.05) is 14.0 Å². The molecule has 58 valence electrons. The van der Waals surface area contributed by atoms with Crippen LogP contribution in [0.2, 0.25) is 0 Å². The topological polar surface area (TPSA) is 88.2 Å². The number of hydrogen-bond donors (Lipinski definition) is 2. The summed E-state index contributed by atoms with van der Waals surface area (Å²) < 4.78 is 0. The first-order chi connectivity index (χ1) is 4.57. The van der Waals surface area contributed by atoms with Crippen molar-refractivity contribution in [1.29, 1.82) is 0 Å². The molecular formula is C4H9N3O3. The molecule has 0 spiro atoms. The zero-order valence-electron chi connectivity index (χ0n) is 5.74. The van der Waals surface area contributed by atoms with Gasteiger partial charge in [-0.3, -0.25) is 10.2 Å². The number of carbonyl (C=O) groups excluding carboxylic acids is 1. The summed E-state index contributed by atoms with van der Waals surface area (Å²) in [6.07, 6.45) is 0. The van der Waals surface area contributed by atoms with Crippen LogP contribution in [0.4, 0.5) is 0 Å². The first-order valence-electron chi connectivity index (χ1n) is 2.47. The quantitative estimate of drug-likeness (QED) is 0.263. The van der Waals surface area contributed by atoms with Crippen LogP contribution in [0.5, 0.6) is 0 Å². The third kappa shape index (κ3) is 2.88. The van der Waals surface area contributed by atoms with Crippen molar-refractivity contribution in [2.45, 2.75) is 6.92 Å². The number of carbonyl (C=O) groups is 1. The van der Waals surface area contributed by atoms with Crippen LogP contribution in [-0.2, 0) is 9.63 Å². The summed E-state index contributed by atoms with van der Waals surface area (Å²) in [5.41, 5.74) is 5.01. The number of aliphatic imine (C=N–C) groups is 1. The minimum Gasteiger partial charge on any atom is -0.365 e. The highest BCUT2D eigenvalue weighted by Gasteiger charge is 2.05. The van der Waals surface area contributed by atoms with Gasteiger partial charge in [0.25, 0.3) is 5.96 Å². The van der Waals surface area contributed by atoms with Gasteiger partial charge >= 0.3 is 5.97 Å². The van der Waals surface area contributed by atoms with E-state index in [1.165, 1.54) is 7.05 Å². The Bertz CT molecular complexity index is 156. The van der Waals surface area contributed by atoms with Gasteiger partial charge in [0.2, 0.25) is 0 Å². The molecule has 0 rings (SSSR count). The summed E-state index contributed by atoms with van der Waals surface area (Å²) in [5.74, 6) is -0.954.